The van der Waals surface area contributed by atoms with Gasteiger partial charge in [0.1, 0.15) is 6.10 Å². The number of hydrogen-bond donors (Lipinski definition) is 1. The van der Waals surface area contributed by atoms with E-state index in [0.717, 1.165) is 11.1 Å². The second-order valence-electron chi connectivity index (χ2n) is 4.17. The summed E-state index contributed by atoms with van der Waals surface area (Å²) in [6.45, 7) is 2.28. The highest BCUT2D eigenvalue weighted by Crippen LogP contribution is 2.15. The van der Waals surface area contributed by atoms with Gasteiger partial charge in [-0.25, -0.2) is 4.79 Å². The first kappa shape index (κ1) is 13.1. The van der Waals surface area contributed by atoms with E-state index >= 15 is 0 Å². The molecule has 0 bridgehead atoms. The Kier molecular flexibility index (Phi) is 4.50. The first-order valence-electron chi connectivity index (χ1n) is 6.14. The second kappa shape index (κ2) is 6.54. The van der Waals surface area contributed by atoms with Crippen LogP contribution in [0.15, 0.2) is 54.9 Å². The molecule has 1 aromatic carbocycles. The number of benzene rings is 1. The van der Waals surface area contributed by atoms with Crippen LogP contribution in [0.3, 0.4) is 0 Å². The number of ether oxygens (including phenoxy) is 1. The molecule has 4 nitrogen and oxygen atoms in total. The lowest BCUT2D eigenvalue weighted by Crippen LogP contribution is -2.24. The lowest BCUT2D eigenvalue weighted by molar-refractivity contribution is 0.106. The van der Waals surface area contributed by atoms with Gasteiger partial charge in [0, 0.05) is 18.9 Å². The topological polar surface area (TPSA) is 51.2 Å². The fourth-order valence-corrected chi connectivity index (χ4v) is 1.67. The molecule has 0 saturated carbocycles. The Labute approximate surface area is 112 Å². The van der Waals surface area contributed by atoms with Gasteiger partial charge in [0.25, 0.3) is 0 Å². The Hall–Kier alpha value is -2.36. The maximum Gasteiger partial charge on any atom is 0.408 e. The number of carbonyl (C=O) groups excluding carboxylic acids is 1. The standard InChI is InChI=1S/C15H16N2O2/c1-12(14-5-3-2-4-6-14)19-15(18)17-11-13-7-9-16-10-8-13/h2-10,12H,11H2,1H3,(H,17,18)/t12-/m0/s1. The van der Waals surface area contributed by atoms with Gasteiger partial charge < -0.3 is 10.1 Å². The van der Waals surface area contributed by atoms with E-state index in [1.54, 1.807) is 12.4 Å². The van der Waals surface area contributed by atoms with Crippen LogP contribution < -0.4 is 5.32 Å². The third-order valence-corrected chi connectivity index (χ3v) is 2.74. The first-order valence-corrected chi connectivity index (χ1v) is 6.14. The lowest BCUT2D eigenvalue weighted by atomic mass is 10.1. The Morgan fingerprint density at radius 1 is 1.21 bits per heavy atom. The Bertz CT molecular complexity index is 514. The van der Waals surface area contributed by atoms with Crippen molar-refractivity contribution in [3.05, 3.63) is 66.0 Å². The van der Waals surface area contributed by atoms with Gasteiger partial charge in [-0.3, -0.25) is 4.98 Å². The van der Waals surface area contributed by atoms with E-state index in [9.17, 15) is 4.79 Å². The van der Waals surface area contributed by atoms with Crippen LogP contribution in [-0.2, 0) is 11.3 Å². The highest BCUT2D eigenvalue weighted by atomic mass is 16.6. The van der Waals surface area contributed by atoms with Gasteiger partial charge >= 0.3 is 6.09 Å². The van der Waals surface area contributed by atoms with E-state index in [4.69, 9.17) is 4.74 Å². The predicted octanol–water partition coefficient (Wildman–Crippen LogP) is 3.07. The molecule has 4 heteroatoms. The minimum atomic E-state index is -0.423. The Morgan fingerprint density at radius 2 is 1.89 bits per heavy atom. The van der Waals surface area contributed by atoms with Crippen molar-refractivity contribution in [1.29, 1.82) is 0 Å². The van der Waals surface area contributed by atoms with Gasteiger partial charge in [-0.15, -0.1) is 0 Å². The molecule has 2 rings (SSSR count). The number of nitrogens with one attached hydrogen (secondary N) is 1. The van der Waals surface area contributed by atoms with Crippen LogP contribution in [0, 0.1) is 0 Å². The normalized spacial score (nSPS) is 11.6. The molecule has 0 saturated heterocycles. The van der Waals surface area contributed by atoms with E-state index < -0.39 is 6.09 Å². The van der Waals surface area contributed by atoms with E-state index in [2.05, 4.69) is 10.3 Å². The molecule has 1 amide bonds. The zero-order chi connectivity index (χ0) is 13.5. The van der Waals surface area contributed by atoms with E-state index in [1.807, 2.05) is 49.4 Å². The summed E-state index contributed by atoms with van der Waals surface area (Å²) in [6, 6.07) is 13.3. The molecule has 0 unspecified atom stereocenters. The minimum absolute atomic E-state index is 0.265. The third-order valence-electron chi connectivity index (χ3n) is 2.74. The smallest absolute Gasteiger partial charge is 0.408 e. The second-order valence-corrected chi connectivity index (χ2v) is 4.17. The summed E-state index contributed by atoms with van der Waals surface area (Å²) < 4.78 is 5.29. The molecule has 0 radical (unpaired) electrons. The lowest BCUT2D eigenvalue weighted by Gasteiger charge is -2.14. The Balaban J connectivity index is 1.82. The first-order chi connectivity index (χ1) is 9.25. The van der Waals surface area contributed by atoms with E-state index in [0.29, 0.717) is 6.54 Å². The molecular formula is C15H16N2O2. The predicted molar refractivity (Wildman–Crippen MR) is 72.4 cm³/mol. The van der Waals surface area contributed by atoms with Crippen LogP contribution in [0.5, 0.6) is 0 Å². The van der Waals surface area contributed by atoms with Crippen molar-refractivity contribution in [1.82, 2.24) is 10.3 Å². The van der Waals surface area contributed by atoms with Crippen molar-refractivity contribution < 1.29 is 9.53 Å². The third kappa shape index (κ3) is 4.10. The number of carbonyl (C=O) groups is 1. The fraction of sp³-hybridized carbons (Fsp3) is 0.200. The summed E-state index contributed by atoms with van der Waals surface area (Å²) >= 11 is 0. The van der Waals surface area contributed by atoms with Crippen LogP contribution in [0.25, 0.3) is 0 Å². The maximum absolute atomic E-state index is 11.7. The molecule has 1 aromatic heterocycles. The summed E-state index contributed by atoms with van der Waals surface area (Å²) in [7, 11) is 0. The molecule has 1 heterocycles. The van der Waals surface area contributed by atoms with Crippen LogP contribution in [0.2, 0.25) is 0 Å². The van der Waals surface area contributed by atoms with Crippen molar-refractivity contribution >= 4 is 6.09 Å². The molecule has 19 heavy (non-hydrogen) atoms. The molecule has 0 spiro atoms. The van der Waals surface area contributed by atoms with Crippen molar-refractivity contribution in [2.45, 2.75) is 19.6 Å². The zero-order valence-electron chi connectivity index (χ0n) is 10.7. The van der Waals surface area contributed by atoms with Crippen LogP contribution >= 0.6 is 0 Å². The highest BCUT2D eigenvalue weighted by molar-refractivity contribution is 5.67. The largest absolute Gasteiger partial charge is 0.442 e. The van der Waals surface area contributed by atoms with Gasteiger partial charge in [0.15, 0.2) is 0 Å². The molecule has 1 atom stereocenters. The quantitative estimate of drug-likeness (QED) is 0.914. The molecule has 0 aliphatic rings. The molecule has 0 fully saturated rings. The summed E-state index contributed by atoms with van der Waals surface area (Å²) in [5.74, 6) is 0. The molecule has 1 N–H and O–H groups in total. The molecule has 2 aromatic rings. The fourth-order valence-electron chi connectivity index (χ4n) is 1.67. The highest BCUT2D eigenvalue weighted by Gasteiger charge is 2.10. The molecular weight excluding hydrogens is 240 g/mol. The van der Waals surface area contributed by atoms with Gasteiger partial charge in [0.05, 0.1) is 0 Å². The number of aromatic nitrogens is 1. The van der Waals surface area contributed by atoms with E-state index in [1.165, 1.54) is 0 Å². The molecule has 98 valence electrons. The van der Waals surface area contributed by atoms with Crippen molar-refractivity contribution in [2.24, 2.45) is 0 Å². The van der Waals surface area contributed by atoms with E-state index in [-0.39, 0.29) is 6.10 Å². The summed E-state index contributed by atoms with van der Waals surface area (Å²) in [5.41, 5.74) is 1.96. The summed E-state index contributed by atoms with van der Waals surface area (Å²) in [6.07, 6.45) is 2.69. The number of nitrogens with zero attached hydrogens (tertiary/aromatic N) is 1. The number of amides is 1. The van der Waals surface area contributed by atoms with Crippen molar-refractivity contribution in [3.8, 4) is 0 Å². The molecule has 0 aliphatic carbocycles. The van der Waals surface area contributed by atoms with Crippen molar-refractivity contribution in [2.75, 3.05) is 0 Å². The van der Waals surface area contributed by atoms with Crippen molar-refractivity contribution in [3.63, 3.8) is 0 Å². The monoisotopic (exact) mass is 256 g/mol. The SMILES string of the molecule is C[C@H](OC(=O)NCc1ccncc1)c1ccccc1. The van der Waals surface area contributed by atoms with Crippen LogP contribution in [0.4, 0.5) is 4.79 Å². The van der Waals surface area contributed by atoms with Gasteiger partial charge in [-0.1, -0.05) is 30.3 Å². The number of hydrogen-bond acceptors (Lipinski definition) is 3. The zero-order valence-corrected chi connectivity index (χ0v) is 10.7. The summed E-state index contributed by atoms with van der Waals surface area (Å²) in [5, 5.41) is 2.71. The maximum atomic E-state index is 11.7. The van der Waals surface area contributed by atoms with Crippen LogP contribution in [-0.4, -0.2) is 11.1 Å². The average molecular weight is 256 g/mol. The number of rotatable bonds is 4. The Morgan fingerprint density at radius 3 is 2.58 bits per heavy atom. The summed E-state index contributed by atoms with van der Waals surface area (Å²) in [4.78, 5) is 15.6. The number of pyridine rings is 1. The molecule has 0 aliphatic heterocycles. The van der Waals surface area contributed by atoms with Crippen LogP contribution in [0.1, 0.15) is 24.2 Å². The van der Waals surface area contributed by atoms with Gasteiger partial charge in [-0.05, 0) is 30.2 Å². The minimum Gasteiger partial charge on any atom is -0.442 e. The average Bonchev–Trinajstić information content (AvgIpc) is 2.47. The van der Waals surface area contributed by atoms with Gasteiger partial charge in [-0.2, -0.15) is 0 Å². The van der Waals surface area contributed by atoms with Gasteiger partial charge in [0.2, 0.25) is 0 Å². The number of alkyl carbamates (subject to hydrolysis) is 1.